The summed E-state index contributed by atoms with van der Waals surface area (Å²) in [6, 6.07) is 68.4. The van der Waals surface area contributed by atoms with E-state index in [0.717, 1.165) is 38.3 Å². The van der Waals surface area contributed by atoms with Gasteiger partial charge in [0.1, 0.15) is 4.83 Å². The predicted molar refractivity (Wildman–Crippen MR) is 261 cm³/mol. The summed E-state index contributed by atoms with van der Waals surface area (Å²) in [4.78, 5) is 12.2. The summed E-state index contributed by atoms with van der Waals surface area (Å²) < 4.78 is 8.53. The van der Waals surface area contributed by atoms with Crippen molar-refractivity contribution in [1.29, 1.82) is 0 Å². The van der Waals surface area contributed by atoms with E-state index in [0.29, 0.717) is 5.82 Å². The Morgan fingerprint density at radius 3 is 1.85 bits per heavy atom. The van der Waals surface area contributed by atoms with E-state index in [2.05, 4.69) is 202 Å². The number of hydrogen-bond acceptors (Lipinski definition) is 3. The summed E-state index contributed by atoms with van der Waals surface area (Å²) >= 11 is 1.74. The lowest BCUT2D eigenvalue weighted by atomic mass is 10.0. The number of hydrogen-bond donors (Lipinski definition) is 0. The fraction of sp³-hybridized carbons (Fsp3) is 0. The minimum atomic E-state index is 0.709. The maximum absolute atomic E-state index is 5.78. The van der Waals surface area contributed by atoms with Gasteiger partial charge in [0.2, 0.25) is 0 Å². The van der Waals surface area contributed by atoms with Crippen LogP contribution in [0.1, 0.15) is 0 Å². The lowest BCUT2D eigenvalue weighted by Gasteiger charge is -2.13. The summed E-state index contributed by atoms with van der Waals surface area (Å²) in [7, 11) is 0. The molecule has 0 saturated carbocycles. The molecule has 5 nitrogen and oxygen atoms in total. The third-order valence-electron chi connectivity index (χ3n) is 13.4. The van der Waals surface area contributed by atoms with Crippen LogP contribution in [0.15, 0.2) is 188 Å². The minimum absolute atomic E-state index is 0.709. The highest BCUT2D eigenvalue weighted by atomic mass is 32.1. The average molecular weight is 806 g/mol. The van der Waals surface area contributed by atoms with Crippen LogP contribution in [0.5, 0.6) is 0 Å². The summed E-state index contributed by atoms with van der Waals surface area (Å²) in [6.45, 7) is 0. The Morgan fingerprint density at radius 1 is 0.371 bits per heavy atom. The van der Waals surface area contributed by atoms with Gasteiger partial charge in [0.25, 0.3) is 0 Å². The Morgan fingerprint density at radius 2 is 1.02 bits per heavy atom. The Hall–Kier alpha value is -8.06. The molecule has 0 radical (unpaired) electrons. The number of thiophene rings is 1. The largest absolute Gasteiger partial charge is 0.309 e. The zero-order valence-electron chi connectivity index (χ0n) is 33.0. The maximum atomic E-state index is 5.78. The fourth-order valence-electron chi connectivity index (χ4n) is 10.9. The molecular formula is C56H31N5S. The fourth-order valence-corrected chi connectivity index (χ4v) is 11.9. The molecular weight excluding hydrogens is 775 g/mol. The Kier molecular flexibility index (Phi) is 6.24. The first kappa shape index (κ1) is 32.8. The molecule has 0 spiro atoms. The van der Waals surface area contributed by atoms with Crippen molar-refractivity contribution < 1.29 is 0 Å². The summed E-state index contributed by atoms with van der Waals surface area (Å²) in [5.41, 5.74) is 10.4. The van der Waals surface area contributed by atoms with E-state index < -0.39 is 0 Å². The van der Waals surface area contributed by atoms with Crippen molar-refractivity contribution in [2.45, 2.75) is 0 Å². The molecule has 286 valence electrons. The van der Waals surface area contributed by atoms with Crippen molar-refractivity contribution in [3.05, 3.63) is 188 Å². The van der Waals surface area contributed by atoms with Crippen LogP contribution < -0.4 is 0 Å². The van der Waals surface area contributed by atoms with Gasteiger partial charge >= 0.3 is 0 Å². The third kappa shape index (κ3) is 4.12. The molecule has 62 heavy (non-hydrogen) atoms. The van der Waals surface area contributed by atoms with E-state index >= 15 is 0 Å². The van der Waals surface area contributed by atoms with Crippen LogP contribution in [0.3, 0.4) is 0 Å². The monoisotopic (exact) mass is 805 g/mol. The van der Waals surface area contributed by atoms with Gasteiger partial charge in [0.15, 0.2) is 11.6 Å². The summed E-state index contributed by atoms with van der Waals surface area (Å²) in [6.07, 6.45) is 0. The highest BCUT2D eigenvalue weighted by Crippen LogP contribution is 2.49. The Bertz CT molecular complexity index is 4390. The number of fused-ring (bicyclic) bond motifs is 18. The van der Waals surface area contributed by atoms with Gasteiger partial charge in [0, 0.05) is 64.4 Å². The van der Waals surface area contributed by atoms with Gasteiger partial charge in [0.05, 0.1) is 44.0 Å². The van der Waals surface area contributed by atoms with Crippen LogP contribution in [0.2, 0.25) is 0 Å². The van der Waals surface area contributed by atoms with Gasteiger partial charge in [-0.1, -0.05) is 121 Å². The third-order valence-corrected chi connectivity index (χ3v) is 14.4. The quantitative estimate of drug-likeness (QED) is 0.178. The summed E-state index contributed by atoms with van der Waals surface area (Å²) in [5.74, 6) is 1.60. The van der Waals surface area contributed by atoms with Crippen LogP contribution >= 0.6 is 11.3 Å². The maximum Gasteiger partial charge on any atom is 0.163 e. The zero-order chi connectivity index (χ0) is 40.2. The highest BCUT2D eigenvalue weighted by molar-refractivity contribution is 7.25. The second-order valence-electron chi connectivity index (χ2n) is 16.5. The topological polar surface area (TPSA) is 40.0 Å². The first-order valence-electron chi connectivity index (χ1n) is 21.1. The second-order valence-corrected chi connectivity index (χ2v) is 17.5. The minimum Gasteiger partial charge on any atom is -0.309 e. The molecule has 0 N–H and O–H groups in total. The van der Waals surface area contributed by atoms with E-state index in [1.165, 1.54) is 91.5 Å². The van der Waals surface area contributed by atoms with E-state index in [1.807, 2.05) is 0 Å². The first-order valence-corrected chi connectivity index (χ1v) is 21.9. The van der Waals surface area contributed by atoms with Crippen LogP contribution in [-0.2, 0) is 0 Å². The van der Waals surface area contributed by atoms with E-state index in [4.69, 9.17) is 9.97 Å². The molecule has 9 aromatic carbocycles. The van der Waals surface area contributed by atoms with Crippen molar-refractivity contribution >= 4 is 124 Å². The molecule has 0 aliphatic carbocycles. The zero-order valence-corrected chi connectivity index (χ0v) is 33.9. The van der Waals surface area contributed by atoms with E-state index in [9.17, 15) is 0 Å². The normalized spacial score (nSPS) is 12.5. The van der Waals surface area contributed by atoms with Crippen molar-refractivity contribution in [1.82, 2.24) is 23.5 Å². The van der Waals surface area contributed by atoms with Crippen LogP contribution in [0.4, 0.5) is 0 Å². The molecule has 6 heteroatoms. The SMILES string of the molecule is c1ccc(-n2c3ccccc3c3cc(-c4nc(-n5c6ccc7ccccc7c6c6cc7c8ccccc8n8c9ccccc9c(c65)c78)c5c(n4)sc4ccccc45)ccc32)cc1. The number of benzene rings is 9. The predicted octanol–water partition coefficient (Wildman–Crippen LogP) is 15.0. The smallest absolute Gasteiger partial charge is 0.163 e. The molecule has 0 unspecified atom stereocenters. The standard InChI is InChI=1S/C56H31N5S/c1-2-15-34(16-3-1)59-43-22-10-6-18-36(43)40-30-33(27-28-46(40)59)54-57-55(51-39-21-9-13-25-48(39)62-56(51)58-54)61-47-29-26-32-14-4-5-17-35(32)49(47)42-31-41-37-19-7-11-23-44(37)60-45-24-12-8-20-38(45)50(52(41)60)53(42)61/h1-31H. The molecule has 15 aromatic rings. The van der Waals surface area contributed by atoms with Crippen molar-refractivity contribution in [3.63, 3.8) is 0 Å². The van der Waals surface area contributed by atoms with Crippen molar-refractivity contribution in [3.8, 4) is 22.9 Å². The van der Waals surface area contributed by atoms with Crippen LogP contribution in [0.25, 0.3) is 136 Å². The number of para-hydroxylation sites is 4. The van der Waals surface area contributed by atoms with Gasteiger partial charge in [-0.2, -0.15) is 0 Å². The van der Waals surface area contributed by atoms with Gasteiger partial charge in [-0.3, -0.25) is 4.57 Å². The van der Waals surface area contributed by atoms with Crippen molar-refractivity contribution in [2.75, 3.05) is 0 Å². The molecule has 0 saturated heterocycles. The average Bonchev–Trinajstić information content (AvgIpc) is 4.13. The molecule has 15 rings (SSSR count). The number of nitrogens with zero attached hydrogens (tertiary/aromatic N) is 5. The second kappa shape index (κ2) is 11.8. The Balaban J connectivity index is 1.13. The van der Waals surface area contributed by atoms with Crippen LogP contribution in [0, 0.1) is 0 Å². The molecule has 0 aliphatic heterocycles. The lowest BCUT2D eigenvalue weighted by Crippen LogP contribution is -2.02. The molecule has 6 heterocycles. The molecule has 6 aromatic heterocycles. The van der Waals surface area contributed by atoms with Crippen LogP contribution in [-0.4, -0.2) is 23.5 Å². The van der Waals surface area contributed by atoms with E-state index in [-0.39, 0.29) is 0 Å². The van der Waals surface area contributed by atoms with Gasteiger partial charge in [-0.05, 0) is 77.5 Å². The molecule has 0 amide bonds. The summed E-state index contributed by atoms with van der Waals surface area (Å²) in [5, 5.41) is 14.5. The first-order chi connectivity index (χ1) is 30.8. The molecule has 0 bridgehead atoms. The van der Waals surface area contributed by atoms with Gasteiger partial charge in [-0.25, -0.2) is 9.97 Å². The van der Waals surface area contributed by atoms with Gasteiger partial charge in [-0.15, -0.1) is 11.3 Å². The van der Waals surface area contributed by atoms with Gasteiger partial charge < -0.3 is 8.97 Å². The molecule has 0 fully saturated rings. The van der Waals surface area contributed by atoms with Crippen molar-refractivity contribution in [2.24, 2.45) is 0 Å². The number of aromatic nitrogens is 5. The number of rotatable bonds is 3. The Labute approximate surface area is 356 Å². The molecule has 0 aliphatic rings. The highest BCUT2D eigenvalue weighted by Gasteiger charge is 2.28. The van der Waals surface area contributed by atoms with E-state index in [1.54, 1.807) is 11.3 Å². The lowest BCUT2D eigenvalue weighted by molar-refractivity contribution is 1.08. The molecule has 0 atom stereocenters.